The van der Waals surface area contributed by atoms with Gasteiger partial charge in [-0.05, 0) is 25.1 Å². The molecule has 1 aromatic carbocycles. The molecule has 0 aromatic heterocycles. The molecule has 3 N–H and O–H groups in total. The molecule has 6 heteroatoms. The molecule has 86 valence electrons. The van der Waals surface area contributed by atoms with Gasteiger partial charge in [0.1, 0.15) is 5.75 Å². The molecule has 0 saturated heterocycles. The van der Waals surface area contributed by atoms with Gasteiger partial charge in [0.05, 0.1) is 17.2 Å². The largest absolute Gasteiger partial charge is 0.492 e. The average Bonchev–Trinajstić information content (AvgIpc) is 2.07. The Kier molecular flexibility index (Phi) is 4.90. The van der Waals surface area contributed by atoms with Gasteiger partial charge in [-0.15, -0.1) is 0 Å². The molecule has 1 aromatic rings. The van der Waals surface area contributed by atoms with Crippen LogP contribution in [0.5, 0.6) is 5.75 Å². The van der Waals surface area contributed by atoms with Gasteiger partial charge in [0, 0.05) is 0 Å². The third-order valence-corrected chi connectivity index (χ3v) is 1.85. The van der Waals surface area contributed by atoms with Gasteiger partial charge in [-0.1, -0.05) is 11.6 Å². The zero-order valence-corrected chi connectivity index (χ0v) is 8.82. The summed E-state index contributed by atoms with van der Waals surface area (Å²) in [5.74, 6) is 0.266. The van der Waals surface area contributed by atoms with Crippen LogP contribution in [0.1, 0.15) is 12.5 Å². The van der Waals surface area contributed by atoms with Crippen LogP contribution in [-0.2, 0) is 6.18 Å². The summed E-state index contributed by atoms with van der Waals surface area (Å²) in [5.41, 5.74) is -0.772. The molecule has 0 heterocycles. The van der Waals surface area contributed by atoms with Crippen LogP contribution in [0, 0.1) is 0 Å². The molecule has 0 amide bonds. The summed E-state index contributed by atoms with van der Waals surface area (Å²) in [6.45, 7) is 2.10. The highest BCUT2D eigenvalue weighted by molar-refractivity contribution is 6.32. The van der Waals surface area contributed by atoms with Crippen molar-refractivity contribution < 1.29 is 17.9 Å². The lowest BCUT2D eigenvalue weighted by molar-refractivity contribution is -0.137. The van der Waals surface area contributed by atoms with E-state index in [0.717, 1.165) is 12.1 Å². The van der Waals surface area contributed by atoms with E-state index in [-0.39, 0.29) is 16.9 Å². The smallest absolute Gasteiger partial charge is 0.416 e. The molecular formula is C9H11ClF3NO. The lowest BCUT2D eigenvalue weighted by Crippen LogP contribution is -2.05. The Morgan fingerprint density at radius 1 is 1.33 bits per heavy atom. The van der Waals surface area contributed by atoms with Gasteiger partial charge in [0.2, 0.25) is 0 Å². The van der Waals surface area contributed by atoms with Crippen molar-refractivity contribution in [2.75, 3.05) is 6.61 Å². The van der Waals surface area contributed by atoms with Crippen LogP contribution in [0.25, 0.3) is 0 Å². The molecular weight excluding hydrogens is 231 g/mol. The van der Waals surface area contributed by atoms with Crippen LogP contribution in [0.15, 0.2) is 18.2 Å². The highest BCUT2D eigenvalue weighted by atomic mass is 35.5. The number of rotatable bonds is 2. The van der Waals surface area contributed by atoms with Crippen LogP contribution < -0.4 is 10.9 Å². The Labute approximate surface area is 90.6 Å². The molecule has 0 unspecified atom stereocenters. The Morgan fingerprint density at radius 2 is 1.93 bits per heavy atom. The molecule has 0 aliphatic carbocycles. The zero-order valence-electron chi connectivity index (χ0n) is 8.07. The van der Waals surface area contributed by atoms with Crippen LogP contribution >= 0.6 is 11.6 Å². The molecule has 0 saturated carbocycles. The second-order valence-electron chi connectivity index (χ2n) is 2.58. The summed E-state index contributed by atoms with van der Waals surface area (Å²) in [4.78, 5) is 0. The first kappa shape index (κ1) is 14.1. The monoisotopic (exact) mass is 241 g/mol. The van der Waals surface area contributed by atoms with Gasteiger partial charge in [-0.25, -0.2) is 0 Å². The normalized spacial score (nSPS) is 10.7. The number of halogens is 4. The van der Waals surface area contributed by atoms with Crippen molar-refractivity contribution >= 4 is 11.6 Å². The van der Waals surface area contributed by atoms with Gasteiger partial charge in [0.25, 0.3) is 0 Å². The Morgan fingerprint density at radius 3 is 2.33 bits per heavy atom. The fraction of sp³-hybridized carbons (Fsp3) is 0.333. The molecule has 0 aliphatic rings. The molecule has 15 heavy (non-hydrogen) atoms. The van der Waals surface area contributed by atoms with Crippen molar-refractivity contribution in [3.05, 3.63) is 28.8 Å². The van der Waals surface area contributed by atoms with Gasteiger partial charge in [0.15, 0.2) is 0 Å². The highest BCUT2D eigenvalue weighted by Gasteiger charge is 2.30. The van der Waals surface area contributed by atoms with E-state index in [9.17, 15) is 13.2 Å². The van der Waals surface area contributed by atoms with Crippen molar-refractivity contribution in [3.63, 3.8) is 0 Å². The molecule has 0 atom stereocenters. The van der Waals surface area contributed by atoms with Crippen LogP contribution in [-0.4, -0.2) is 6.61 Å². The van der Waals surface area contributed by atoms with E-state index in [4.69, 9.17) is 16.3 Å². The van der Waals surface area contributed by atoms with Gasteiger partial charge < -0.3 is 10.9 Å². The van der Waals surface area contributed by atoms with E-state index < -0.39 is 11.7 Å². The predicted octanol–water partition coefficient (Wildman–Crippen LogP) is 3.92. The van der Waals surface area contributed by atoms with Crippen LogP contribution in [0.2, 0.25) is 5.02 Å². The first-order valence-corrected chi connectivity index (χ1v) is 4.32. The maximum absolute atomic E-state index is 12.2. The fourth-order valence-electron chi connectivity index (χ4n) is 0.950. The molecule has 2 nitrogen and oxygen atoms in total. The Bertz CT molecular complexity index is 328. The maximum atomic E-state index is 12.2. The lowest BCUT2D eigenvalue weighted by atomic mass is 10.2. The first-order chi connectivity index (χ1) is 6.45. The second kappa shape index (κ2) is 5.23. The molecule has 0 radical (unpaired) electrons. The van der Waals surface area contributed by atoms with E-state index in [2.05, 4.69) is 0 Å². The lowest BCUT2D eigenvalue weighted by Gasteiger charge is -2.09. The standard InChI is InChI=1S/C9H8ClF3O.H3N/c1-2-14-8-4-3-6(5-7(8)10)9(11,12)13;/h3-5H,2H2,1H3;1H3. The van der Waals surface area contributed by atoms with Crippen molar-refractivity contribution in [1.29, 1.82) is 0 Å². The predicted molar refractivity (Wildman–Crippen MR) is 52.6 cm³/mol. The number of hydrogen-bond donors (Lipinski definition) is 1. The summed E-state index contributed by atoms with van der Waals surface area (Å²) >= 11 is 5.59. The molecule has 0 bridgehead atoms. The molecule has 0 spiro atoms. The van der Waals surface area contributed by atoms with Crippen molar-refractivity contribution in [3.8, 4) is 5.75 Å². The summed E-state index contributed by atoms with van der Waals surface area (Å²) in [7, 11) is 0. The minimum atomic E-state index is -4.37. The number of hydrogen-bond acceptors (Lipinski definition) is 2. The molecule has 1 rings (SSSR count). The van der Waals surface area contributed by atoms with Crippen LogP contribution in [0.3, 0.4) is 0 Å². The average molecular weight is 242 g/mol. The zero-order chi connectivity index (χ0) is 10.8. The third kappa shape index (κ3) is 3.60. The SMILES string of the molecule is CCOc1ccc(C(F)(F)F)cc1Cl.N. The second-order valence-corrected chi connectivity index (χ2v) is 2.98. The Hall–Kier alpha value is -0.940. The summed E-state index contributed by atoms with van der Waals surface area (Å²) in [5, 5.41) is -0.0262. The van der Waals surface area contributed by atoms with E-state index >= 15 is 0 Å². The fourth-order valence-corrected chi connectivity index (χ4v) is 1.18. The number of ether oxygens (including phenoxy) is 1. The third-order valence-electron chi connectivity index (χ3n) is 1.56. The molecule has 0 aliphatic heterocycles. The van der Waals surface area contributed by atoms with E-state index in [1.54, 1.807) is 6.92 Å². The number of benzene rings is 1. The van der Waals surface area contributed by atoms with Gasteiger partial charge >= 0.3 is 6.18 Å². The maximum Gasteiger partial charge on any atom is 0.416 e. The first-order valence-electron chi connectivity index (χ1n) is 3.94. The summed E-state index contributed by atoms with van der Waals surface area (Å²) < 4.78 is 41.6. The van der Waals surface area contributed by atoms with Crippen molar-refractivity contribution in [2.45, 2.75) is 13.1 Å². The van der Waals surface area contributed by atoms with Crippen molar-refractivity contribution in [1.82, 2.24) is 6.15 Å². The van der Waals surface area contributed by atoms with E-state index in [1.165, 1.54) is 6.07 Å². The van der Waals surface area contributed by atoms with Crippen LogP contribution in [0.4, 0.5) is 13.2 Å². The number of alkyl halides is 3. The van der Waals surface area contributed by atoms with Gasteiger partial charge in [-0.2, -0.15) is 13.2 Å². The van der Waals surface area contributed by atoms with Crippen molar-refractivity contribution in [2.24, 2.45) is 0 Å². The summed E-state index contributed by atoms with van der Waals surface area (Å²) in [6.07, 6.45) is -4.37. The molecule has 0 fully saturated rings. The minimum absolute atomic E-state index is 0. The summed E-state index contributed by atoms with van der Waals surface area (Å²) in [6, 6.07) is 3.01. The highest BCUT2D eigenvalue weighted by Crippen LogP contribution is 2.34. The topological polar surface area (TPSA) is 44.2 Å². The quantitative estimate of drug-likeness (QED) is 0.853. The minimum Gasteiger partial charge on any atom is -0.492 e. The van der Waals surface area contributed by atoms with E-state index in [0.29, 0.717) is 6.61 Å². The Balaban J connectivity index is 0.00000196. The van der Waals surface area contributed by atoms with Gasteiger partial charge in [-0.3, -0.25) is 0 Å². The van der Waals surface area contributed by atoms with E-state index in [1.807, 2.05) is 0 Å².